The molecular weight excluding hydrogens is 348 g/mol. The predicted octanol–water partition coefficient (Wildman–Crippen LogP) is 1.51. The van der Waals surface area contributed by atoms with Gasteiger partial charge in [0.25, 0.3) is 0 Å². The molecule has 0 aromatic carbocycles. The number of aromatic nitrogens is 3. The summed E-state index contributed by atoms with van der Waals surface area (Å²) in [6, 6.07) is 1.93. The van der Waals surface area contributed by atoms with Crippen molar-refractivity contribution in [1.29, 1.82) is 5.41 Å². The van der Waals surface area contributed by atoms with Crippen LogP contribution in [0.3, 0.4) is 0 Å². The zero-order chi connectivity index (χ0) is 19.6. The summed E-state index contributed by atoms with van der Waals surface area (Å²) < 4.78 is 6.81. The molecule has 0 bridgehead atoms. The minimum absolute atomic E-state index is 0.00910. The Hall–Kier alpha value is -2.94. The summed E-state index contributed by atoms with van der Waals surface area (Å²) in [7, 11) is 0. The second-order valence-electron chi connectivity index (χ2n) is 5.95. The van der Waals surface area contributed by atoms with Crippen molar-refractivity contribution in [3.63, 3.8) is 0 Å². The molecule has 9 nitrogen and oxygen atoms in total. The number of aliphatic hydroxyl groups excluding tert-OH is 1. The summed E-state index contributed by atoms with van der Waals surface area (Å²) in [5.41, 5.74) is 1.15. The maximum absolute atomic E-state index is 11.3. The number of esters is 1. The normalized spacial score (nSPS) is 12.6. The molecule has 146 valence electrons. The van der Waals surface area contributed by atoms with E-state index in [1.807, 2.05) is 23.8 Å². The number of carbonyl (C=O) groups excluding carboxylic acids is 1. The average molecular weight is 374 g/mol. The predicted molar refractivity (Wildman–Crippen MR) is 104 cm³/mol. The van der Waals surface area contributed by atoms with E-state index in [9.17, 15) is 9.90 Å². The molecule has 0 saturated heterocycles. The van der Waals surface area contributed by atoms with Crippen LogP contribution >= 0.6 is 0 Å². The quantitative estimate of drug-likeness (QED) is 0.347. The third kappa shape index (κ3) is 5.78. The van der Waals surface area contributed by atoms with Crippen LogP contribution in [0.25, 0.3) is 11.0 Å². The molecular formula is C18H26N6O3. The summed E-state index contributed by atoms with van der Waals surface area (Å²) in [5.74, 6) is 0.131. The second-order valence-corrected chi connectivity index (χ2v) is 5.95. The van der Waals surface area contributed by atoms with Gasteiger partial charge in [-0.05, 0) is 25.3 Å². The second kappa shape index (κ2) is 10.3. The molecule has 0 aliphatic heterocycles. The van der Waals surface area contributed by atoms with Crippen molar-refractivity contribution in [1.82, 2.24) is 19.9 Å². The standard InChI is InChI=1S/C18H26N6O3/c1-3-13(12-25)11-24-6-5-14-8-21-18(23-17(14)24)22-15(7-19)9-20-10-16(26)27-4-2/h5-9,13,19-20,25H,3-4,10-12H2,1-2H3,(H,21,22,23)/b15-9+,19-7?. The molecule has 2 aromatic rings. The minimum atomic E-state index is -0.372. The number of carbonyl (C=O) groups is 1. The van der Waals surface area contributed by atoms with Crippen LogP contribution in [-0.4, -0.2) is 51.6 Å². The molecule has 0 radical (unpaired) electrons. The SMILES string of the molecule is CCOC(=O)CN/C=C(\C=N)Nc1ncc2ccn(CC(CC)CO)c2n1. The summed E-state index contributed by atoms with van der Waals surface area (Å²) in [5, 5.41) is 23.5. The Bertz CT molecular complexity index is 797. The molecule has 0 aliphatic rings. The lowest BCUT2D eigenvalue weighted by Gasteiger charge is -2.13. The van der Waals surface area contributed by atoms with Crippen LogP contribution in [0.4, 0.5) is 5.95 Å². The number of ether oxygens (including phenoxy) is 1. The molecule has 0 amide bonds. The number of nitrogens with zero attached hydrogens (tertiary/aromatic N) is 3. The molecule has 4 N–H and O–H groups in total. The van der Waals surface area contributed by atoms with Crippen LogP contribution in [0.1, 0.15) is 20.3 Å². The van der Waals surface area contributed by atoms with Crippen LogP contribution in [0, 0.1) is 11.3 Å². The molecule has 1 unspecified atom stereocenters. The van der Waals surface area contributed by atoms with E-state index in [0.717, 1.165) is 23.7 Å². The number of nitrogens with one attached hydrogen (secondary N) is 3. The number of aliphatic hydroxyl groups is 1. The fraction of sp³-hybridized carbons (Fsp3) is 0.444. The van der Waals surface area contributed by atoms with E-state index in [-0.39, 0.29) is 25.0 Å². The van der Waals surface area contributed by atoms with Crippen molar-refractivity contribution in [3.8, 4) is 0 Å². The topological polar surface area (TPSA) is 125 Å². The van der Waals surface area contributed by atoms with Gasteiger partial charge in [-0.1, -0.05) is 6.92 Å². The van der Waals surface area contributed by atoms with Gasteiger partial charge in [-0.15, -0.1) is 0 Å². The van der Waals surface area contributed by atoms with Crippen molar-refractivity contribution < 1.29 is 14.6 Å². The van der Waals surface area contributed by atoms with E-state index < -0.39 is 0 Å². The Morgan fingerprint density at radius 3 is 2.96 bits per heavy atom. The van der Waals surface area contributed by atoms with Crippen LogP contribution in [0.2, 0.25) is 0 Å². The van der Waals surface area contributed by atoms with E-state index in [0.29, 0.717) is 24.8 Å². The van der Waals surface area contributed by atoms with Crippen molar-refractivity contribution >= 4 is 29.2 Å². The monoisotopic (exact) mass is 374 g/mol. The number of anilines is 1. The number of hydrogen-bond acceptors (Lipinski definition) is 8. The Kier molecular flexibility index (Phi) is 7.75. The summed E-state index contributed by atoms with van der Waals surface area (Å²) in [4.78, 5) is 20.1. The van der Waals surface area contributed by atoms with Gasteiger partial charge in [0.2, 0.25) is 5.95 Å². The van der Waals surface area contributed by atoms with Crippen LogP contribution in [0.15, 0.2) is 30.4 Å². The third-order valence-electron chi connectivity index (χ3n) is 4.01. The van der Waals surface area contributed by atoms with Gasteiger partial charge in [-0.3, -0.25) is 4.79 Å². The largest absolute Gasteiger partial charge is 0.465 e. The van der Waals surface area contributed by atoms with Crippen LogP contribution in [0.5, 0.6) is 0 Å². The van der Waals surface area contributed by atoms with Gasteiger partial charge in [-0.2, -0.15) is 4.98 Å². The highest BCUT2D eigenvalue weighted by atomic mass is 16.5. The smallest absolute Gasteiger partial charge is 0.325 e. The van der Waals surface area contributed by atoms with Gasteiger partial charge < -0.3 is 30.5 Å². The zero-order valence-electron chi connectivity index (χ0n) is 15.6. The average Bonchev–Trinajstić information content (AvgIpc) is 3.07. The fourth-order valence-corrected chi connectivity index (χ4v) is 2.47. The number of allylic oxidation sites excluding steroid dienone is 1. The summed E-state index contributed by atoms with van der Waals surface area (Å²) in [6.07, 6.45) is 7.10. The Morgan fingerprint density at radius 2 is 2.30 bits per heavy atom. The first kappa shape index (κ1) is 20.4. The van der Waals surface area contributed by atoms with E-state index in [4.69, 9.17) is 10.1 Å². The van der Waals surface area contributed by atoms with Crippen LogP contribution < -0.4 is 10.6 Å². The van der Waals surface area contributed by atoms with Gasteiger partial charge in [0, 0.05) is 43.3 Å². The lowest BCUT2D eigenvalue weighted by atomic mass is 10.1. The number of fused-ring (bicyclic) bond motifs is 1. The Balaban J connectivity index is 2.10. The molecule has 9 heteroatoms. The molecule has 2 aromatic heterocycles. The molecule has 2 rings (SSSR count). The zero-order valence-corrected chi connectivity index (χ0v) is 15.6. The van der Waals surface area contributed by atoms with E-state index >= 15 is 0 Å². The Morgan fingerprint density at radius 1 is 1.48 bits per heavy atom. The maximum Gasteiger partial charge on any atom is 0.325 e. The molecule has 0 fully saturated rings. The summed E-state index contributed by atoms with van der Waals surface area (Å²) >= 11 is 0. The lowest BCUT2D eigenvalue weighted by Crippen LogP contribution is -2.21. The highest BCUT2D eigenvalue weighted by Gasteiger charge is 2.10. The number of hydrogen-bond donors (Lipinski definition) is 4. The first-order valence-electron chi connectivity index (χ1n) is 8.90. The molecule has 2 heterocycles. The van der Waals surface area contributed by atoms with E-state index in [1.54, 1.807) is 13.1 Å². The molecule has 27 heavy (non-hydrogen) atoms. The fourth-order valence-electron chi connectivity index (χ4n) is 2.47. The number of rotatable bonds is 11. The van der Waals surface area contributed by atoms with Gasteiger partial charge in [0.1, 0.15) is 12.2 Å². The van der Waals surface area contributed by atoms with E-state index in [1.165, 1.54) is 6.20 Å². The van der Waals surface area contributed by atoms with E-state index in [2.05, 4.69) is 20.6 Å². The van der Waals surface area contributed by atoms with Gasteiger partial charge in [0.15, 0.2) is 0 Å². The van der Waals surface area contributed by atoms with Crippen molar-refractivity contribution in [2.45, 2.75) is 26.8 Å². The molecule has 0 aliphatic carbocycles. The van der Waals surface area contributed by atoms with Crippen molar-refractivity contribution in [2.75, 3.05) is 25.1 Å². The molecule has 0 spiro atoms. The molecule has 0 saturated carbocycles. The molecule has 1 atom stereocenters. The van der Waals surface area contributed by atoms with Gasteiger partial charge >= 0.3 is 5.97 Å². The summed E-state index contributed by atoms with van der Waals surface area (Å²) in [6.45, 7) is 4.90. The maximum atomic E-state index is 11.3. The third-order valence-corrected chi connectivity index (χ3v) is 4.01. The highest BCUT2D eigenvalue weighted by Crippen LogP contribution is 2.17. The first-order chi connectivity index (χ1) is 13.1. The Labute approximate surface area is 158 Å². The van der Waals surface area contributed by atoms with Crippen molar-refractivity contribution in [2.24, 2.45) is 5.92 Å². The minimum Gasteiger partial charge on any atom is -0.465 e. The van der Waals surface area contributed by atoms with Crippen molar-refractivity contribution in [3.05, 3.63) is 30.4 Å². The van der Waals surface area contributed by atoms with Gasteiger partial charge in [0.05, 0.1) is 12.3 Å². The van der Waals surface area contributed by atoms with Crippen LogP contribution in [-0.2, 0) is 16.1 Å². The lowest BCUT2D eigenvalue weighted by molar-refractivity contribution is -0.141. The van der Waals surface area contributed by atoms with Gasteiger partial charge in [-0.25, -0.2) is 4.98 Å². The highest BCUT2D eigenvalue weighted by molar-refractivity contribution is 5.81. The first-order valence-corrected chi connectivity index (χ1v) is 8.90.